The van der Waals surface area contributed by atoms with Gasteiger partial charge in [-0.05, 0) is 19.8 Å². The number of methoxy groups -OCH3 is 1. The van der Waals surface area contributed by atoms with Crippen LogP contribution in [0.4, 0.5) is 0 Å². The molecule has 0 heterocycles. The van der Waals surface area contributed by atoms with E-state index in [-0.39, 0.29) is 24.5 Å². The second-order valence-electron chi connectivity index (χ2n) is 3.91. The van der Waals surface area contributed by atoms with Crippen molar-refractivity contribution >= 4 is 11.9 Å². The zero-order chi connectivity index (χ0) is 12.6. The molecule has 0 aliphatic heterocycles. The number of hydrogen-bond acceptors (Lipinski definition) is 4. The molecule has 0 rings (SSSR count). The summed E-state index contributed by atoms with van der Waals surface area (Å²) < 4.78 is 4.55. The number of rotatable bonds is 7. The molecule has 0 aliphatic carbocycles. The smallest absolute Gasteiger partial charge is 0.325 e. The summed E-state index contributed by atoms with van der Waals surface area (Å²) in [5.74, 6) is -0.424. The van der Waals surface area contributed by atoms with E-state index >= 15 is 0 Å². The van der Waals surface area contributed by atoms with E-state index in [0.29, 0.717) is 19.4 Å². The SMILES string of the molecule is CCCN(CC(=O)OC)C(=O)CCC(C)N. The molecule has 5 nitrogen and oxygen atoms in total. The van der Waals surface area contributed by atoms with Crippen molar-refractivity contribution in [3.63, 3.8) is 0 Å². The summed E-state index contributed by atoms with van der Waals surface area (Å²) in [7, 11) is 1.32. The minimum absolute atomic E-state index is 0.00514. The van der Waals surface area contributed by atoms with Gasteiger partial charge in [-0.2, -0.15) is 0 Å². The van der Waals surface area contributed by atoms with Gasteiger partial charge < -0.3 is 15.4 Å². The van der Waals surface area contributed by atoms with E-state index in [0.717, 1.165) is 6.42 Å². The number of esters is 1. The van der Waals surface area contributed by atoms with E-state index in [1.54, 1.807) is 0 Å². The summed E-state index contributed by atoms with van der Waals surface area (Å²) in [5, 5.41) is 0. The highest BCUT2D eigenvalue weighted by molar-refractivity contribution is 5.82. The predicted octanol–water partition coefficient (Wildman–Crippen LogP) is 0.525. The van der Waals surface area contributed by atoms with Gasteiger partial charge in [0, 0.05) is 19.0 Å². The molecule has 0 saturated carbocycles. The number of ether oxygens (including phenoxy) is 1. The van der Waals surface area contributed by atoms with Gasteiger partial charge in [-0.3, -0.25) is 9.59 Å². The van der Waals surface area contributed by atoms with E-state index in [9.17, 15) is 9.59 Å². The quantitative estimate of drug-likeness (QED) is 0.647. The topological polar surface area (TPSA) is 72.6 Å². The Morgan fingerprint density at radius 3 is 2.50 bits per heavy atom. The number of carbonyl (C=O) groups excluding carboxylic acids is 2. The highest BCUT2D eigenvalue weighted by atomic mass is 16.5. The molecule has 2 N–H and O–H groups in total. The monoisotopic (exact) mass is 230 g/mol. The number of hydrogen-bond donors (Lipinski definition) is 1. The molecular formula is C11H22N2O3. The van der Waals surface area contributed by atoms with Crippen molar-refractivity contribution < 1.29 is 14.3 Å². The van der Waals surface area contributed by atoms with Crippen molar-refractivity contribution in [1.29, 1.82) is 0 Å². The summed E-state index contributed by atoms with van der Waals surface area (Å²) in [5.41, 5.74) is 5.58. The maximum Gasteiger partial charge on any atom is 0.325 e. The highest BCUT2D eigenvalue weighted by Gasteiger charge is 2.16. The predicted molar refractivity (Wildman–Crippen MR) is 61.8 cm³/mol. The molecule has 0 aromatic rings. The van der Waals surface area contributed by atoms with Crippen LogP contribution in [0.2, 0.25) is 0 Å². The Labute approximate surface area is 96.9 Å². The van der Waals surface area contributed by atoms with E-state index in [1.165, 1.54) is 12.0 Å². The van der Waals surface area contributed by atoms with Gasteiger partial charge in [0.05, 0.1) is 7.11 Å². The van der Waals surface area contributed by atoms with Crippen LogP contribution >= 0.6 is 0 Å². The van der Waals surface area contributed by atoms with Gasteiger partial charge in [-0.1, -0.05) is 6.92 Å². The lowest BCUT2D eigenvalue weighted by Gasteiger charge is -2.21. The second-order valence-corrected chi connectivity index (χ2v) is 3.91. The molecule has 0 aromatic carbocycles. The zero-order valence-corrected chi connectivity index (χ0v) is 10.4. The molecular weight excluding hydrogens is 208 g/mol. The Morgan fingerprint density at radius 1 is 1.44 bits per heavy atom. The van der Waals surface area contributed by atoms with Gasteiger partial charge in [-0.15, -0.1) is 0 Å². The van der Waals surface area contributed by atoms with E-state index < -0.39 is 0 Å². The molecule has 1 amide bonds. The Morgan fingerprint density at radius 2 is 2.06 bits per heavy atom. The molecule has 0 aliphatic rings. The third-order valence-corrected chi connectivity index (χ3v) is 2.21. The molecule has 0 spiro atoms. The Balaban J connectivity index is 4.17. The highest BCUT2D eigenvalue weighted by Crippen LogP contribution is 2.02. The van der Waals surface area contributed by atoms with Gasteiger partial charge in [0.25, 0.3) is 0 Å². The van der Waals surface area contributed by atoms with Crippen molar-refractivity contribution in [3.05, 3.63) is 0 Å². The largest absolute Gasteiger partial charge is 0.468 e. The normalized spacial score (nSPS) is 12.0. The molecule has 0 radical (unpaired) electrons. The third-order valence-electron chi connectivity index (χ3n) is 2.21. The fourth-order valence-corrected chi connectivity index (χ4v) is 1.29. The number of nitrogens with two attached hydrogens (primary N) is 1. The van der Waals surface area contributed by atoms with Crippen LogP contribution in [0.5, 0.6) is 0 Å². The third kappa shape index (κ3) is 6.40. The van der Waals surface area contributed by atoms with Crippen LogP contribution in [0.25, 0.3) is 0 Å². The van der Waals surface area contributed by atoms with Gasteiger partial charge in [0.1, 0.15) is 6.54 Å². The molecule has 0 bridgehead atoms. The average Bonchev–Trinajstić information content (AvgIpc) is 2.24. The van der Waals surface area contributed by atoms with Crippen LogP contribution in [-0.4, -0.2) is 43.0 Å². The van der Waals surface area contributed by atoms with Crippen LogP contribution in [0.1, 0.15) is 33.1 Å². The van der Waals surface area contributed by atoms with E-state index in [4.69, 9.17) is 5.73 Å². The molecule has 1 atom stereocenters. The summed E-state index contributed by atoms with van der Waals surface area (Å²) in [4.78, 5) is 24.4. The van der Waals surface area contributed by atoms with Crippen LogP contribution in [0.3, 0.4) is 0 Å². The number of amides is 1. The molecule has 0 saturated heterocycles. The first-order valence-electron chi connectivity index (χ1n) is 5.61. The van der Waals surface area contributed by atoms with Crippen molar-refractivity contribution in [3.8, 4) is 0 Å². The lowest BCUT2D eigenvalue weighted by Crippen LogP contribution is -2.37. The van der Waals surface area contributed by atoms with Crippen molar-refractivity contribution in [1.82, 2.24) is 4.90 Å². The van der Waals surface area contributed by atoms with E-state index in [1.807, 2.05) is 13.8 Å². The fraction of sp³-hybridized carbons (Fsp3) is 0.818. The number of carbonyl (C=O) groups is 2. The van der Waals surface area contributed by atoms with E-state index in [2.05, 4.69) is 4.74 Å². The molecule has 0 fully saturated rings. The van der Waals surface area contributed by atoms with Gasteiger partial charge in [0.2, 0.25) is 5.91 Å². The van der Waals surface area contributed by atoms with Crippen LogP contribution in [0, 0.1) is 0 Å². The van der Waals surface area contributed by atoms with Crippen molar-refractivity contribution in [2.45, 2.75) is 39.2 Å². The molecule has 94 valence electrons. The first-order chi connectivity index (χ1) is 7.51. The molecule has 5 heteroatoms. The minimum Gasteiger partial charge on any atom is -0.468 e. The second kappa shape index (κ2) is 8.10. The maximum absolute atomic E-state index is 11.8. The standard InChI is InChI=1S/C11H22N2O3/c1-4-7-13(8-11(15)16-3)10(14)6-5-9(2)12/h9H,4-8,12H2,1-3H3. The fourth-order valence-electron chi connectivity index (χ4n) is 1.29. The Kier molecular flexibility index (Phi) is 7.54. The van der Waals surface area contributed by atoms with Gasteiger partial charge in [-0.25, -0.2) is 0 Å². The summed E-state index contributed by atoms with van der Waals surface area (Å²) >= 11 is 0. The van der Waals surface area contributed by atoms with Crippen LogP contribution in [0.15, 0.2) is 0 Å². The Bertz CT molecular complexity index is 229. The summed E-state index contributed by atoms with van der Waals surface area (Å²) in [6, 6.07) is 0.00514. The van der Waals surface area contributed by atoms with Crippen LogP contribution in [-0.2, 0) is 14.3 Å². The van der Waals surface area contributed by atoms with Gasteiger partial charge >= 0.3 is 5.97 Å². The lowest BCUT2D eigenvalue weighted by atomic mass is 10.2. The van der Waals surface area contributed by atoms with Gasteiger partial charge in [0.15, 0.2) is 0 Å². The average molecular weight is 230 g/mol. The first kappa shape index (κ1) is 14.9. The zero-order valence-electron chi connectivity index (χ0n) is 10.4. The van der Waals surface area contributed by atoms with Crippen molar-refractivity contribution in [2.24, 2.45) is 5.73 Å². The lowest BCUT2D eigenvalue weighted by molar-refractivity contribution is -0.147. The maximum atomic E-state index is 11.8. The summed E-state index contributed by atoms with van der Waals surface area (Å²) in [6.07, 6.45) is 1.84. The van der Waals surface area contributed by atoms with Crippen molar-refractivity contribution in [2.75, 3.05) is 20.2 Å². The molecule has 0 aromatic heterocycles. The van der Waals surface area contributed by atoms with Crippen LogP contribution < -0.4 is 5.73 Å². The molecule has 16 heavy (non-hydrogen) atoms. The summed E-state index contributed by atoms with van der Waals surface area (Å²) in [6.45, 7) is 4.43. The number of nitrogens with zero attached hydrogens (tertiary/aromatic N) is 1. The Hall–Kier alpha value is -1.10. The molecule has 1 unspecified atom stereocenters. The first-order valence-corrected chi connectivity index (χ1v) is 5.61. The minimum atomic E-state index is -0.386.